The van der Waals surface area contributed by atoms with Crippen LogP contribution in [0.1, 0.15) is 23.7 Å². The number of nitrogens with one attached hydrogen (secondary N) is 1. The summed E-state index contributed by atoms with van der Waals surface area (Å²) in [5.74, 6) is -1.89. The lowest BCUT2D eigenvalue weighted by Gasteiger charge is -2.16. The van der Waals surface area contributed by atoms with Crippen LogP contribution in [0.2, 0.25) is 5.02 Å². The van der Waals surface area contributed by atoms with Gasteiger partial charge < -0.3 is 10.2 Å². The fourth-order valence-electron chi connectivity index (χ4n) is 2.00. The number of fused-ring (bicyclic) bond motifs is 1. The predicted octanol–water partition coefficient (Wildman–Crippen LogP) is 2.01. The molecule has 1 aliphatic rings. The SMILES string of the molecule is CCCNCCN1C(=O)C(=O)c2cc(Cl)c(F)cc21. The van der Waals surface area contributed by atoms with Gasteiger partial charge in [0.1, 0.15) is 5.82 Å². The first-order chi connectivity index (χ1) is 9.06. The standard InChI is InChI=1S/C13H14ClFN2O2/c1-2-3-16-4-5-17-11-7-10(15)9(14)6-8(11)12(18)13(17)19/h6-7,16H,2-5H2,1H3. The zero-order chi connectivity index (χ0) is 14.0. The average molecular weight is 285 g/mol. The van der Waals surface area contributed by atoms with Gasteiger partial charge in [-0.05, 0) is 25.1 Å². The van der Waals surface area contributed by atoms with E-state index in [0.717, 1.165) is 19.0 Å². The van der Waals surface area contributed by atoms with E-state index in [1.165, 1.54) is 11.0 Å². The second-order valence-corrected chi connectivity index (χ2v) is 4.73. The Labute approximate surface area is 115 Å². The quantitative estimate of drug-likeness (QED) is 0.665. The molecule has 0 spiro atoms. The minimum atomic E-state index is -0.632. The maximum absolute atomic E-state index is 13.4. The highest BCUT2D eigenvalue weighted by atomic mass is 35.5. The molecule has 4 nitrogen and oxygen atoms in total. The van der Waals surface area contributed by atoms with Crippen molar-refractivity contribution in [2.75, 3.05) is 24.5 Å². The number of halogens is 2. The van der Waals surface area contributed by atoms with Crippen LogP contribution in [0.3, 0.4) is 0 Å². The second-order valence-electron chi connectivity index (χ2n) is 4.32. The molecule has 2 rings (SSSR count). The number of amides is 1. The molecule has 1 aromatic carbocycles. The number of carbonyl (C=O) groups is 2. The zero-order valence-corrected chi connectivity index (χ0v) is 11.3. The van der Waals surface area contributed by atoms with E-state index in [0.29, 0.717) is 18.8 Å². The Morgan fingerprint density at radius 1 is 1.32 bits per heavy atom. The van der Waals surface area contributed by atoms with Gasteiger partial charge in [0.05, 0.1) is 16.3 Å². The van der Waals surface area contributed by atoms with Crippen LogP contribution in [0.15, 0.2) is 12.1 Å². The normalized spacial score (nSPS) is 14.2. The van der Waals surface area contributed by atoms with Crippen molar-refractivity contribution >= 4 is 29.0 Å². The number of anilines is 1. The fraction of sp³-hybridized carbons (Fsp3) is 0.385. The number of benzene rings is 1. The van der Waals surface area contributed by atoms with Crippen molar-refractivity contribution in [2.24, 2.45) is 0 Å². The topological polar surface area (TPSA) is 49.4 Å². The lowest BCUT2D eigenvalue weighted by atomic mass is 10.1. The summed E-state index contributed by atoms with van der Waals surface area (Å²) in [6.07, 6.45) is 0.980. The highest BCUT2D eigenvalue weighted by Gasteiger charge is 2.36. The minimum absolute atomic E-state index is 0.147. The lowest BCUT2D eigenvalue weighted by molar-refractivity contribution is -0.114. The number of carbonyl (C=O) groups excluding carboxylic acids is 2. The second kappa shape index (κ2) is 5.67. The average Bonchev–Trinajstić information content (AvgIpc) is 2.60. The zero-order valence-electron chi connectivity index (χ0n) is 10.5. The summed E-state index contributed by atoms with van der Waals surface area (Å²) in [4.78, 5) is 24.9. The minimum Gasteiger partial charge on any atom is -0.315 e. The molecule has 0 saturated carbocycles. The number of rotatable bonds is 5. The smallest absolute Gasteiger partial charge is 0.299 e. The van der Waals surface area contributed by atoms with Gasteiger partial charge in [-0.25, -0.2) is 4.39 Å². The van der Waals surface area contributed by atoms with E-state index in [4.69, 9.17) is 11.6 Å². The molecule has 0 aromatic heterocycles. The van der Waals surface area contributed by atoms with Crippen LogP contribution in [-0.2, 0) is 4.79 Å². The van der Waals surface area contributed by atoms with E-state index < -0.39 is 17.5 Å². The van der Waals surface area contributed by atoms with Gasteiger partial charge in [0.25, 0.3) is 11.7 Å². The molecule has 1 aliphatic heterocycles. The third-order valence-corrected chi connectivity index (χ3v) is 3.24. The van der Waals surface area contributed by atoms with Crippen molar-refractivity contribution in [1.29, 1.82) is 0 Å². The molecule has 102 valence electrons. The maximum atomic E-state index is 13.4. The van der Waals surface area contributed by atoms with Gasteiger partial charge in [0.2, 0.25) is 0 Å². The summed E-state index contributed by atoms with van der Waals surface area (Å²) in [5.41, 5.74) is 0.474. The Morgan fingerprint density at radius 2 is 2.05 bits per heavy atom. The van der Waals surface area contributed by atoms with Gasteiger partial charge in [-0.2, -0.15) is 0 Å². The molecule has 0 atom stereocenters. The Bertz CT molecular complexity index is 534. The molecule has 0 saturated heterocycles. The van der Waals surface area contributed by atoms with Gasteiger partial charge in [-0.1, -0.05) is 18.5 Å². The molecule has 0 aliphatic carbocycles. The summed E-state index contributed by atoms with van der Waals surface area (Å²) in [5, 5.41) is 2.98. The first kappa shape index (κ1) is 14.0. The van der Waals surface area contributed by atoms with Crippen molar-refractivity contribution in [3.8, 4) is 0 Å². The monoisotopic (exact) mass is 284 g/mol. The Kier molecular flexibility index (Phi) is 4.17. The Morgan fingerprint density at radius 3 is 2.74 bits per heavy atom. The predicted molar refractivity (Wildman–Crippen MR) is 71.3 cm³/mol. The maximum Gasteiger partial charge on any atom is 0.299 e. The van der Waals surface area contributed by atoms with E-state index in [9.17, 15) is 14.0 Å². The molecule has 0 bridgehead atoms. The van der Waals surface area contributed by atoms with E-state index in [1.54, 1.807) is 0 Å². The number of hydrogen-bond acceptors (Lipinski definition) is 3. The first-order valence-electron chi connectivity index (χ1n) is 6.12. The summed E-state index contributed by atoms with van der Waals surface area (Å²) >= 11 is 5.63. The molecule has 0 fully saturated rings. The van der Waals surface area contributed by atoms with Crippen molar-refractivity contribution in [2.45, 2.75) is 13.3 Å². The number of Topliss-reactive ketones (excluding diaryl/α,β-unsaturated/α-hetero) is 1. The molecule has 0 radical (unpaired) electrons. The van der Waals surface area contributed by atoms with E-state index >= 15 is 0 Å². The van der Waals surface area contributed by atoms with Crippen LogP contribution < -0.4 is 10.2 Å². The molecule has 6 heteroatoms. The van der Waals surface area contributed by atoms with Gasteiger partial charge >= 0.3 is 0 Å². The van der Waals surface area contributed by atoms with Crippen LogP contribution in [0, 0.1) is 5.82 Å². The highest BCUT2D eigenvalue weighted by Crippen LogP contribution is 2.32. The van der Waals surface area contributed by atoms with Crippen LogP contribution in [-0.4, -0.2) is 31.3 Å². The Hall–Kier alpha value is -1.46. The van der Waals surface area contributed by atoms with Crippen molar-refractivity contribution in [3.05, 3.63) is 28.5 Å². The van der Waals surface area contributed by atoms with Crippen LogP contribution in [0.4, 0.5) is 10.1 Å². The van der Waals surface area contributed by atoms with Gasteiger partial charge in [-0.15, -0.1) is 0 Å². The van der Waals surface area contributed by atoms with Crippen LogP contribution in [0.25, 0.3) is 0 Å². The highest BCUT2D eigenvalue weighted by molar-refractivity contribution is 6.52. The van der Waals surface area contributed by atoms with Crippen molar-refractivity contribution in [3.63, 3.8) is 0 Å². The van der Waals surface area contributed by atoms with Crippen molar-refractivity contribution in [1.82, 2.24) is 5.32 Å². The molecule has 19 heavy (non-hydrogen) atoms. The third kappa shape index (κ3) is 2.62. The summed E-state index contributed by atoms with van der Waals surface area (Å²) in [6.45, 7) is 3.75. The number of hydrogen-bond donors (Lipinski definition) is 1. The fourth-order valence-corrected chi connectivity index (χ4v) is 2.17. The van der Waals surface area contributed by atoms with E-state index in [2.05, 4.69) is 5.32 Å². The van der Waals surface area contributed by atoms with Gasteiger partial charge in [0, 0.05) is 13.1 Å². The van der Waals surface area contributed by atoms with Gasteiger partial charge in [-0.3, -0.25) is 9.59 Å². The van der Waals surface area contributed by atoms with Crippen LogP contribution in [0.5, 0.6) is 0 Å². The summed E-state index contributed by atoms with van der Waals surface area (Å²) in [7, 11) is 0. The van der Waals surface area contributed by atoms with Gasteiger partial charge in [0.15, 0.2) is 0 Å². The lowest BCUT2D eigenvalue weighted by Crippen LogP contribution is -2.36. The third-order valence-electron chi connectivity index (χ3n) is 2.95. The molecule has 1 aromatic rings. The summed E-state index contributed by atoms with van der Waals surface area (Å²) < 4.78 is 13.4. The first-order valence-corrected chi connectivity index (χ1v) is 6.50. The summed E-state index contributed by atoms with van der Waals surface area (Å²) in [6, 6.07) is 2.35. The van der Waals surface area contributed by atoms with E-state index in [-0.39, 0.29) is 10.6 Å². The molecular weight excluding hydrogens is 271 g/mol. The molecule has 0 unspecified atom stereocenters. The number of ketones is 1. The Balaban J connectivity index is 2.21. The molecular formula is C13H14ClFN2O2. The molecule has 1 amide bonds. The molecule has 1 heterocycles. The molecule has 1 N–H and O–H groups in total. The van der Waals surface area contributed by atoms with E-state index in [1.807, 2.05) is 6.92 Å². The van der Waals surface area contributed by atoms with Crippen molar-refractivity contribution < 1.29 is 14.0 Å². The number of nitrogens with zero attached hydrogens (tertiary/aromatic N) is 1. The van der Waals surface area contributed by atoms with Crippen LogP contribution >= 0.6 is 11.6 Å². The largest absolute Gasteiger partial charge is 0.315 e.